The van der Waals surface area contributed by atoms with Crippen LogP contribution in [-0.4, -0.2) is 0 Å². The Morgan fingerprint density at radius 3 is 1.50 bits per heavy atom. The maximum Gasteiger partial charge on any atom is 0.0522 e. The standard InChI is InChI=1S/C24H20NP/c1-4-12-20(13-5-1)23-18-10-11-19-24(23)25-26(21-14-6-2-7-15-21)22-16-8-3-9-17-22/h1-19,25H. The third kappa shape index (κ3) is 3.69. The first kappa shape index (κ1) is 16.6. The molecule has 0 heterocycles. The molecule has 0 aromatic heterocycles. The number of para-hydroxylation sites is 1. The van der Waals surface area contributed by atoms with E-state index < -0.39 is 8.07 Å². The molecule has 0 radical (unpaired) electrons. The van der Waals surface area contributed by atoms with Crippen LogP contribution in [0.1, 0.15) is 0 Å². The van der Waals surface area contributed by atoms with Crippen LogP contribution in [-0.2, 0) is 0 Å². The number of hydrogen-bond acceptors (Lipinski definition) is 1. The fraction of sp³-hybridized carbons (Fsp3) is 0. The molecule has 0 saturated heterocycles. The SMILES string of the molecule is c1ccc(-c2ccccc2NP(c2ccccc2)c2ccccc2)cc1. The van der Waals surface area contributed by atoms with Gasteiger partial charge in [0.1, 0.15) is 0 Å². The van der Waals surface area contributed by atoms with Crippen LogP contribution >= 0.6 is 8.07 Å². The van der Waals surface area contributed by atoms with Crippen LogP contribution in [0.25, 0.3) is 11.1 Å². The smallest absolute Gasteiger partial charge is 0.0522 e. The highest BCUT2D eigenvalue weighted by atomic mass is 31.1. The molecule has 0 saturated carbocycles. The molecule has 0 amide bonds. The normalized spacial score (nSPS) is 10.7. The topological polar surface area (TPSA) is 12.0 Å². The van der Waals surface area contributed by atoms with Crippen LogP contribution in [0.15, 0.2) is 115 Å². The van der Waals surface area contributed by atoms with Gasteiger partial charge in [-0.15, -0.1) is 0 Å². The lowest BCUT2D eigenvalue weighted by Gasteiger charge is -2.22. The number of rotatable bonds is 5. The van der Waals surface area contributed by atoms with Gasteiger partial charge in [-0.3, -0.25) is 0 Å². The lowest BCUT2D eigenvalue weighted by Crippen LogP contribution is -2.17. The highest BCUT2D eigenvalue weighted by Crippen LogP contribution is 2.38. The average molecular weight is 353 g/mol. The lowest BCUT2D eigenvalue weighted by molar-refractivity contribution is 1.60. The van der Waals surface area contributed by atoms with E-state index in [0.717, 1.165) is 5.69 Å². The molecule has 4 aromatic carbocycles. The molecule has 1 nitrogen and oxygen atoms in total. The molecule has 0 spiro atoms. The molecule has 0 aliphatic heterocycles. The average Bonchev–Trinajstić information content (AvgIpc) is 2.74. The summed E-state index contributed by atoms with van der Waals surface area (Å²) in [6.07, 6.45) is 0. The minimum Gasteiger partial charge on any atom is -0.356 e. The van der Waals surface area contributed by atoms with E-state index in [1.54, 1.807) is 0 Å². The van der Waals surface area contributed by atoms with Gasteiger partial charge in [0.25, 0.3) is 0 Å². The van der Waals surface area contributed by atoms with E-state index in [-0.39, 0.29) is 0 Å². The van der Waals surface area contributed by atoms with Gasteiger partial charge in [0.05, 0.1) is 8.07 Å². The molecule has 0 bridgehead atoms. The van der Waals surface area contributed by atoms with Crippen molar-refractivity contribution in [3.8, 4) is 11.1 Å². The molecular weight excluding hydrogens is 333 g/mol. The fourth-order valence-corrected chi connectivity index (χ4v) is 4.94. The summed E-state index contributed by atoms with van der Waals surface area (Å²) >= 11 is 0. The second-order valence-electron chi connectivity index (χ2n) is 6.03. The summed E-state index contributed by atoms with van der Waals surface area (Å²) in [4.78, 5) is 0. The van der Waals surface area contributed by atoms with Gasteiger partial charge < -0.3 is 5.09 Å². The van der Waals surface area contributed by atoms with Gasteiger partial charge in [-0.2, -0.15) is 0 Å². The number of hydrogen-bond donors (Lipinski definition) is 1. The van der Waals surface area contributed by atoms with Crippen molar-refractivity contribution in [1.29, 1.82) is 0 Å². The Hall–Kier alpha value is -2.89. The minimum absolute atomic E-state index is 0.684. The first-order chi connectivity index (χ1) is 12.9. The van der Waals surface area contributed by atoms with E-state index in [2.05, 4.69) is 120 Å². The van der Waals surface area contributed by atoms with Crippen LogP contribution in [0.5, 0.6) is 0 Å². The van der Waals surface area contributed by atoms with Crippen LogP contribution in [0.3, 0.4) is 0 Å². The van der Waals surface area contributed by atoms with Crippen molar-refractivity contribution < 1.29 is 0 Å². The minimum atomic E-state index is -0.684. The van der Waals surface area contributed by atoms with Crippen LogP contribution in [0, 0.1) is 0 Å². The number of anilines is 1. The molecule has 2 heteroatoms. The molecule has 26 heavy (non-hydrogen) atoms. The van der Waals surface area contributed by atoms with E-state index in [1.807, 2.05) is 0 Å². The third-order valence-corrected chi connectivity index (χ3v) is 6.37. The monoisotopic (exact) mass is 353 g/mol. The van der Waals surface area contributed by atoms with Gasteiger partial charge in [0, 0.05) is 21.9 Å². The van der Waals surface area contributed by atoms with E-state index in [0.29, 0.717) is 0 Å². The summed E-state index contributed by atoms with van der Waals surface area (Å²) in [7, 11) is -0.684. The Kier molecular flexibility index (Phi) is 5.09. The van der Waals surface area contributed by atoms with Crippen LogP contribution < -0.4 is 15.7 Å². The Morgan fingerprint density at radius 1 is 0.462 bits per heavy atom. The summed E-state index contributed by atoms with van der Waals surface area (Å²) in [5, 5.41) is 6.48. The molecule has 0 fully saturated rings. The molecule has 0 aliphatic rings. The number of nitrogens with one attached hydrogen (secondary N) is 1. The molecule has 0 atom stereocenters. The van der Waals surface area contributed by atoms with Crippen molar-refractivity contribution in [3.05, 3.63) is 115 Å². The Labute approximate surface area is 156 Å². The molecule has 0 aliphatic carbocycles. The molecule has 0 unspecified atom stereocenters. The zero-order valence-corrected chi connectivity index (χ0v) is 15.3. The maximum absolute atomic E-state index is 3.84. The summed E-state index contributed by atoms with van der Waals surface area (Å²) in [5.41, 5.74) is 3.62. The van der Waals surface area contributed by atoms with Crippen LogP contribution in [0.4, 0.5) is 5.69 Å². The molecule has 4 aromatic rings. The van der Waals surface area contributed by atoms with Crippen LogP contribution in [0.2, 0.25) is 0 Å². The lowest BCUT2D eigenvalue weighted by atomic mass is 10.0. The van der Waals surface area contributed by atoms with Crippen molar-refractivity contribution in [3.63, 3.8) is 0 Å². The van der Waals surface area contributed by atoms with Crippen molar-refractivity contribution >= 4 is 24.4 Å². The van der Waals surface area contributed by atoms with Crippen molar-refractivity contribution in [2.45, 2.75) is 0 Å². The Balaban J connectivity index is 1.76. The van der Waals surface area contributed by atoms with E-state index >= 15 is 0 Å². The van der Waals surface area contributed by atoms with Gasteiger partial charge >= 0.3 is 0 Å². The summed E-state index contributed by atoms with van der Waals surface area (Å²) in [6.45, 7) is 0. The molecule has 4 rings (SSSR count). The Bertz CT molecular complexity index is 913. The molecule has 1 N–H and O–H groups in total. The van der Waals surface area contributed by atoms with E-state index in [1.165, 1.54) is 21.7 Å². The molecule has 126 valence electrons. The van der Waals surface area contributed by atoms with E-state index in [4.69, 9.17) is 0 Å². The largest absolute Gasteiger partial charge is 0.356 e. The second kappa shape index (κ2) is 7.99. The summed E-state index contributed by atoms with van der Waals surface area (Å²) in [5.74, 6) is 0. The number of benzene rings is 4. The van der Waals surface area contributed by atoms with Gasteiger partial charge in [-0.05, 0) is 11.6 Å². The first-order valence-corrected chi connectivity index (χ1v) is 10.1. The molecular formula is C24H20NP. The quantitative estimate of drug-likeness (QED) is 0.446. The summed E-state index contributed by atoms with van der Waals surface area (Å²) in [6, 6.07) is 40.5. The van der Waals surface area contributed by atoms with Gasteiger partial charge in [0.15, 0.2) is 0 Å². The summed E-state index contributed by atoms with van der Waals surface area (Å²) < 4.78 is 0. The second-order valence-corrected chi connectivity index (χ2v) is 7.96. The van der Waals surface area contributed by atoms with E-state index in [9.17, 15) is 0 Å². The highest BCUT2D eigenvalue weighted by molar-refractivity contribution is 7.74. The predicted octanol–water partition coefficient (Wildman–Crippen LogP) is 5.81. The first-order valence-electron chi connectivity index (χ1n) is 8.73. The highest BCUT2D eigenvalue weighted by Gasteiger charge is 2.15. The van der Waals surface area contributed by atoms with Gasteiger partial charge in [-0.1, -0.05) is 109 Å². The Morgan fingerprint density at radius 2 is 0.923 bits per heavy atom. The van der Waals surface area contributed by atoms with Gasteiger partial charge in [-0.25, -0.2) is 0 Å². The third-order valence-electron chi connectivity index (χ3n) is 4.27. The maximum atomic E-state index is 3.84. The zero-order chi connectivity index (χ0) is 17.6. The zero-order valence-electron chi connectivity index (χ0n) is 14.4. The van der Waals surface area contributed by atoms with Gasteiger partial charge in [0.2, 0.25) is 0 Å². The van der Waals surface area contributed by atoms with Crippen molar-refractivity contribution in [2.24, 2.45) is 0 Å². The van der Waals surface area contributed by atoms with Crippen molar-refractivity contribution in [1.82, 2.24) is 0 Å². The fourth-order valence-electron chi connectivity index (χ4n) is 3.00. The predicted molar refractivity (Wildman–Crippen MR) is 115 cm³/mol. The van der Waals surface area contributed by atoms with Crippen molar-refractivity contribution in [2.75, 3.05) is 5.09 Å².